The summed E-state index contributed by atoms with van der Waals surface area (Å²) in [5.41, 5.74) is 1.13. The first kappa shape index (κ1) is 21.2. The summed E-state index contributed by atoms with van der Waals surface area (Å²) in [6.45, 7) is 9.73. The van der Waals surface area contributed by atoms with E-state index >= 15 is 0 Å². The van der Waals surface area contributed by atoms with Gasteiger partial charge in [0, 0.05) is 19.0 Å². The Morgan fingerprint density at radius 1 is 1.18 bits per heavy atom. The molecule has 2 atom stereocenters. The van der Waals surface area contributed by atoms with Crippen LogP contribution in [0.1, 0.15) is 33.3 Å². The van der Waals surface area contributed by atoms with E-state index < -0.39 is 6.10 Å². The number of aliphatic imine (C=N–C) groups is 1. The van der Waals surface area contributed by atoms with Crippen LogP contribution in [0.25, 0.3) is 0 Å². The van der Waals surface area contributed by atoms with Crippen LogP contribution in [0.4, 0.5) is 0 Å². The molecule has 0 heterocycles. The van der Waals surface area contributed by atoms with Gasteiger partial charge in [-0.1, -0.05) is 44.2 Å². The molecule has 0 radical (unpaired) electrons. The van der Waals surface area contributed by atoms with Crippen LogP contribution in [-0.2, 0) is 6.42 Å². The van der Waals surface area contributed by atoms with Crippen LogP contribution in [0, 0.1) is 5.92 Å². The minimum absolute atomic E-state index is 0. The molecule has 3 N–H and O–H groups in total. The van der Waals surface area contributed by atoms with Crippen LogP contribution in [0.3, 0.4) is 0 Å². The first-order chi connectivity index (χ1) is 10.0. The van der Waals surface area contributed by atoms with Crippen molar-refractivity contribution >= 4 is 29.9 Å². The fraction of sp³-hybridized carbons (Fsp3) is 0.588. The lowest BCUT2D eigenvalue weighted by molar-refractivity contribution is 0.183. The lowest BCUT2D eigenvalue weighted by Gasteiger charge is -2.21. The molecule has 0 aliphatic carbocycles. The molecule has 0 bridgehead atoms. The number of guanidine groups is 1. The van der Waals surface area contributed by atoms with Crippen molar-refractivity contribution < 1.29 is 5.11 Å². The molecule has 0 aliphatic rings. The Morgan fingerprint density at radius 2 is 1.82 bits per heavy atom. The van der Waals surface area contributed by atoms with Gasteiger partial charge in [0.25, 0.3) is 0 Å². The number of hydrogen-bond donors (Lipinski definition) is 3. The first-order valence-electron chi connectivity index (χ1n) is 7.79. The fourth-order valence-electron chi connectivity index (χ4n) is 1.85. The minimum Gasteiger partial charge on any atom is -0.391 e. The van der Waals surface area contributed by atoms with Crippen LogP contribution in [0.5, 0.6) is 0 Å². The summed E-state index contributed by atoms with van der Waals surface area (Å²) in [6, 6.07) is 10.3. The summed E-state index contributed by atoms with van der Waals surface area (Å²) in [5, 5.41) is 16.7. The third-order valence-electron chi connectivity index (χ3n) is 3.48. The molecule has 1 rings (SSSR count). The normalized spacial score (nSPS) is 14.2. The second-order valence-electron chi connectivity index (χ2n) is 5.74. The van der Waals surface area contributed by atoms with Crippen LogP contribution >= 0.6 is 24.0 Å². The van der Waals surface area contributed by atoms with Crippen LogP contribution in [-0.4, -0.2) is 36.3 Å². The van der Waals surface area contributed by atoms with Gasteiger partial charge in [-0.05, 0) is 25.3 Å². The monoisotopic (exact) mass is 419 g/mol. The Balaban J connectivity index is 0.00000441. The van der Waals surface area contributed by atoms with Gasteiger partial charge in [-0.3, -0.25) is 4.99 Å². The lowest BCUT2D eigenvalue weighted by atomic mass is 10.1. The Morgan fingerprint density at radius 3 is 2.36 bits per heavy atom. The fourth-order valence-corrected chi connectivity index (χ4v) is 1.85. The summed E-state index contributed by atoms with van der Waals surface area (Å²) in [6.07, 6.45) is 0.168. The SMILES string of the molecule is CCNC(=NCC(O)Cc1ccccc1)NC(C)C(C)C.I. The van der Waals surface area contributed by atoms with Gasteiger partial charge in [-0.2, -0.15) is 0 Å². The van der Waals surface area contributed by atoms with Gasteiger partial charge in [-0.25, -0.2) is 0 Å². The van der Waals surface area contributed by atoms with Gasteiger partial charge in [0.05, 0.1) is 12.6 Å². The number of nitrogens with zero attached hydrogens (tertiary/aromatic N) is 1. The maximum absolute atomic E-state index is 10.1. The van der Waals surface area contributed by atoms with Crippen molar-refractivity contribution in [2.75, 3.05) is 13.1 Å². The second kappa shape index (κ2) is 11.7. The predicted octanol–water partition coefficient (Wildman–Crippen LogP) is 2.81. The average Bonchev–Trinajstić information content (AvgIpc) is 2.46. The molecule has 1 aromatic carbocycles. The highest BCUT2D eigenvalue weighted by Gasteiger charge is 2.10. The van der Waals surface area contributed by atoms with Gasteiger partial charge < -0.3 is 15.7 Å². The maximum atomic E-state index is 10.1. The Bertz CT molecular complexity index is 423. The van der Waals surface area contributed by atoms with E-state index in [9.17, 15) is 5.11 Å². The number of benzene rings is 1. The molecule has 126 valence electrons. The van der Waals surface area contributed by atoms with Crippen LogP contribution in [0.15, 0.2) is 35.3 Å². The second-order valence-corrected chi connectivity index (χ2v) is 5.74. The molecule has 22 heavy (non-hydrogen) atoms. The summed E-state index contributed by atoms with van der Waals surface area (Å²) in [5.74, 6) is 1.30. The van der Waals surface area contributed by atoms with E-state index in [1.165, 1.54) is 0 Å². The highest BCUT2D eigenvalue weighted by atomic mass is 127. The molecule has 4 nitrogen and oxygen atoms in total. The van der Waals surface area contributed by atoms with Crippen molar-refractivity contribution in [1.29, 1.82) is 0 Å². The van der Waals surface area contributed by atoms with E-state index in [1.807, 2.05) is 37.3 Å². The molecular formula is C17H30IN3O. The van der Waals surface area contributed by atoms with E-state index in [1.54, 1.807) is 0 Å². The summed E-state index contributed by atoms with van der Waals surface area (Å²) >= 11 is 0. The van der Waals surface area contributed by atoms with Crippen molar-refractivity contribution in [3.05, 3.63) is 35.9 Å². The summed E-state index contributed by atoms with van der Waals surface area (Å²) < 4.78 is 0. The van der Waals surface area contributed by atoms with Crippen molar-refractivity contribution in [3.63, 3.8) is 0 Å². The third kappa shape index (κ3) is 8.58. The number of halogens is 1. The molecule has 0 aromatic heterocycles. The molecule has 0 saturated carbocycles. The van der Waals surface area contributed by atoms with Gasteiger partial charge in [0.15, 0.2) is 5.96 Å². The highest BCUT2D eigenvalue weighted by molar-refractivity contribution is 14.0. The molecule has 0 amide bonds. The average molecular weight is 419 g/mol. The minimum atomic E-state index is -0.461. The number of aliphatic hydroxyl groups excluding tert-OH is 1. The summed E-state index contributed by atoms with van der Waals surface area (Å²) in [4.78, 5) is 4.48. The zero-order chi connectivity index (χ0) is 15.7. The lowest BCUT2D eigenvalue weighted by Crippen LogP contribution is -2.44. The third-order valence-corrected chi connectivity index (χ3v) is 3.48. The van der Waals surface area contributed by atoms with E-state index in [0.29, 0.717) is 24.9 Å². The van der Waals surface area contributed by atoms with Crippen molar-refractivity contribution in [3.8, 4) is 0 Å². The zero-order valence-electron chi connectivity index (χ0n) is 14.0. The van der Waals surface area contributed by atoms with E-state index in [4.69, 9.17) is 0 Å². The standard InChI is InChI=1S/C17H29N3O.HI/c1-5-18-17(20-14(4)13(2)3)19-12-16(21)11-15-9-7-6-8-10-15;/h6-10,13-14,16,21H,5,11-12H2,1-4H3,(H2,18,19,20);1H. The van der Waals surface area contributed by atoms with Crippen molar-refractivity contribution in [1.82, 2.24) is 10.6 Å². The molecule has 2 unspecified atom stereocenters. The highest BCUT2D eigenvalue weighted by Crippen LogP contribution is 2.03. The summed E-state index contributed by atoms with van der Waals surface area (Å²) in [7, 11) is 0. The molecule has 0 spiro atoms. The van der Waals surface area contributed by atoms with Gasteiger partial charge in [0.2, 0.25) is 0 Å². The van der Waals surface area contributed by atoms with Gasteiger partial charge in [-0.15, -0.1) is 24.0 Å². The van der Waals surface area contributed by atoms with E-state index in [2.05, 4.69) is 36.4 Å². The largest absolute Gasteiger partial charge is 0.391 e. The number of rotatable bonds is 7. The molecule has 5 heteroatoms. The smallest absolute Gasteiger partial charge is 0.191 e. The first-order valence-corrected chi connectivity index (χ1v) is 7.79. The van der Waals surface area contributed by atoms with Crippen LogP contribution in [0.2, 0.25) is 0 Å². The van der Waals surface area contributed by atoms with Crippen molar-refractivity contribution in [2.45, 2.75) is 46.3 Å². The predicted molar refractivity (Wildman–Crippen MR) is 105 cm³/mol. The quantitative estimate of drug-likeness (QED) is 0.362. The Hall–Kier alpha value is -0.820. The van der Waals surface area contributed by atoms with E-state index in [-0.39, 0.29) is 24.0 Å². The topological polar surface area (TPSA) is 56.7 Å². The van der Waals surface area contributed by atoms with E-state index in [0.717, 1.165) is 18.1 Å². The Labute approximate surface area is 151 Å². The molecule has 0 saturated heterocycles. The molecule has 1 aromatic rings. The number of hydrogen-bond acceptors (Lipinski definition) is 2. The molecule has 0 aliphatic heterocycles. The molecular weight excluding hydrogens is 389 g/mol. The number of aliphatic hydroxyl groups is 1. The molecule has 0 fully saturated rings. The maximum Gasteiger partial charge on any atom is 0.191 e. The van der Waals surface area contributed by atoms with Crippen LogP contribution < -0.4 is 10.6 Å². The van der Waals surface area contributed by atoms with Crippen molar-refractivity contribution in [2.24, 2.45) is 10.9 Å². The number of nitrogens with one attached hydrogen (secondary N) is 2. The zero-order valence-corrected chi connectivity index (χ0v) is 16.4. The Kier molecular flexibility index (Phi) is 11.3. The van der Waals surface area contributed by atoms with Gasteiger partial charge in [0.1, 0.15) is 0 Å². The van der Waals surface area contributed by atoms with Gasteiger partial charge >= 0.3 is 0 Å².